The van der Waals surface area contributed by atoms with Gasteiger partial charge in [-0.1, -0.05) is 33.6 Å². The van der Waals surface area contributed by atoms with Gasteiger partial charge in [0.1, 0.15) is 0 Å². The molecule has 0 aromatic heterocycles. The zero-order chi connectivity index (χ0) is 8.69. The molecular formula is C8H18O2Si. The van der Waals surface area contributed by atoms with Crippen LogP contribution in [0, 0.1) is 5.92 Å². The van der Waals surface area contributed by atoms with Gasteiger partial charge in [-0.15, -0.1) is 0 Å². The van der Waals surface area contributed by atoms with Gasteiger partial charge in [0.05, 0.1) is 0 Å². The molecule has 0 saturated heterocycles. The standard InChI is InChI=1S/C8H18O2Si/c1-4-5-6-11-10-8(9)7(2)3/h7H,4-6,11H2,1-3H3. The van der Waals surface area contributed by atoms with Gasteiger partial charge in [-0.05, 0) is 6.04 Å². The van der Waals surface area contributed by atoms with Crippen molar-refractivity contribution in [3.8, 4) is 0 Å². The van der Waals surface area contributed by atoms with E-state index in [9.17, 15) is 4.79 Å². The van der Waals surface area contributed by atoms with E-state index in [4.69, 9.17) is 4.43 Å². The lowest BCUT2D eigenvalue weighted by atomic mass is 10.2. The van der Waals surface area contributed by atoms with Crippen molar-refractivity contribution < 1.29 is 9.22 Å². The van der Waals surface area contributed by atoms with Crippen LogP contribution in [0.1, 0.15) is 33.6 Å². The largest absolute Gasteiger partial charge is 0.525 e. The zero-order valence-corrected chi connectivity index (χ0v) is 9.14. The van der Waals surface area contributed by atoms with Gasteiger partial charge in [0.2, 0.25) is 9.76 Å². The molecule has 0 aliphatic carbocycles. The molecule has 0 unspecified atom stereocenters. The number of rotatable bonds is 5. The van der Waals surface area contributed by atoms with E-state index in [0.29, 0.717) is 0 Å². The first-order chi connectivity index (χ1) is 5.18. The summed E-state index contributed by atoms with van der Waals surface area (Å²) in [7, 11) is -0.539. The van der Waals surface area contributed by atoms with Gasteiger partial charge >= 0.3 is 0 Å². The maximum absolute atomic E-state index is 10.9. The summed E-state index contributed by atoms with van der Waals surface area (Å²) in [5, 5.41) is 0. The van der Waals surface area contributed by atoms with Crippen molar-refractivity contribution in [1.82, 2.24) is 0 Å². The summed E-state index contributed by atoms with van der Waals surface area (Å²) < 4.78 is 5.11. The second-order valence-electron chi connectivity index (χ2n) is 3.03. The predicted octanol–water partition coefficient (Wildman–Crippen LogP) is 1.49. The lowest BCUT2D eigenvalue weighted by molar-refractivity contribution is -0.137. The lowest BCUT2D eigenvalue weighted by Crippen LogP contribution is -2.14. The maximum Gasteiger partial charge on any atom is 0.294 e. The Morgan fingerprint density at radius 1 is 1.55 bits per heavy atom. The first-order valence-corrected chi connectivity index (χ1v) is 5.92. The highest BCUT2D eigenvalue weighted by Gasteiger charge is 2.06. The molecular weight excluding hydrogens is 156 g/mol. The molecule has 66 valence electrons. The summed E-state index contributed by atoms with van der Waals surface area (Å²) in [6, 6.07) is 1.13. The summed E-state index contributed by atoms with van der Waals surface area (Å²) in [6.07, 6.45) is 2.41. The van der Waals surface area contributed by atoms with E-state index >= 15 is 0 Å². The molecule has 0 saturated carbocycles. The lowest BCUT2D eigenvalue weighted by Gasteiger charge is -2.05. The molecule has 0 radical (unpaired) electrons. The van der Waals surface area contributed by atoms with Crippen LogP contribution in [-0.4, -0.2) is 15.7 Å². The Hall–Kier alpha value is -0.313. The van der Waals surface area contributed by atoms with Gasteiger partial charge in [0, 0.05) is 5.92 Å². The Bertz CT molecular complexity index is 113. The number of hydrogen-bond donors (Lipinski definition) is 0. The molecule has 0 aromatic carbocycles. The average Bonchev–Trinajstić information content (AvgIpc) is 1.97. The van der Waals surface area contributed by atoms with Crippen molar-refractivity contribution in [2.24, 2.45) is 5.92 Å². The smallest absolute Gasteiger partial charge is 0.294 e. The Morgan fingerprint density at radius 2 is 2.18 bits per heavy atom. The predicted molar refractivity (Wildman–Crippen MR) is 49.2 cm³/mol. The van der Waals surface area contributed by atoms with Crippen LogP contribution in [0.3, 0.4) is 0 Å². The van der Waals surface area contributed by atoms with Crippen LogP contribution in [0.4, 0.5) is 0 Å². The summed E-state index contributed by atoms with van der Waals surface area (Å²) in [6.45, 7) is 5.89. The van der Waals surface area contributed by atoms with Crippen molar-refractivity contribution in [1.29, 1.82) is 0 Å². The van der Waals surface area contributed by atoms with Crippen molar-refractivity contribution >= 4 is 15.7 Å². The number of hydrogen-bond acceptors (Lipinski definition) is 2. The van der Waals surface area contributed by atoms with E-state index in [1.54, 1.807) is 0 Å². The third kappa shape index (κ3) is 6.10. The highest BCUT2D eigenvalue weighted by atomic mass is 28.2. The fourth-order valence-electron chi connectivity index (χ4n) is 0.691. The summed E-state index contributed by atoms with van der Waals surface area (Å²) in [5.74, 6) is 0.0249. The van der Waals surface area contributed by atoms with Crippen LogP contribution < -0.4 is 0 Å². The van der Waals surface area contributed by atoms with E-state index in [1.807, 2.05) is 13.8 Å². The molecule has 0 atom stereocenters. The molecule has 0 bridgehead atoms. The van der Waals surface area contributed by atoms with E-state index < -0.39 is 9.76 Å². The fraction of sp³-hybridized carbons (Fsp3) is 0.875. The molecule has 11 heavy (non-hydrogen) atoms. The van der Waals surface area contributed by atoms with Gasteiger partial charge in [-0.25, -0.2) is 0 Å². The van der Waals surface area contributed by atoms with Crippen molar-refractivity contribution in [2.75, 3.05) is 0 Å². The Morgan fingerprint density at radius 3 is 2.64 bits per heavy atom. The molecule has 2 nitrogen and oxygen atoms in total. The minimum absolute atomic E-state index is 0.0206. The molecule has 0 fully saturated rings. The summed E-state index contributed by atoms with van der Waals surface area (Å²) >= 11 is 0. The minimum Gasteiger partial charge on any atom is -0.525 e. The van der Waals surface area contributed by atoms with Crippen molar-refractivity contribution in [3.63, 3.8) is 0 Å². The molecule has 0 amide bonds. The Kier molecular flexibility index (Phi) is 6.22. The molecule has 0 heterocycles. The van der Waals surface area contributed by atoms with Gasteiger partial charge in [-0.2, -0.15) is 0 Å². The minimum atomic E-state index is -0.539. The normalized spacial score (nSPS) is 11.3. The third-order valence-electron chi connectivity index (χ3n) is 1.46. The highest BCUT2D eigenvalue weighted by molar-refractivity contribution is 6.30. The number of carbonyl (C=O) groups is 1. The topological polar surface area (TPSA) is 26.3 Å². The number of unbranched alkanes of at least 4 members (excludes halogenated alkanes) is 1. The van der Waals surface area contributed by atoms with Crippen LogP contribution in [-0.2, 0) is 9.22 Å². The van der Waals surface area contributed by atoms with Crippen molar-refractivity contribution in [3.05, 3.63) is 0 Å². The number of carbonyl (C=O) groups excluding carboxylic acids is 1. The quantitative estimate of drug-likeness (QED) is 0.466. The van der Waals surface area contributed by atoms with E-state index in [0.717, 1.165) is 6.04 Å². The van der Waals surface area contributed by atoms with Crippen LogP contribution in [0.5, 0.6) is 0 Å². The van der Waals surface area contributed by atoms with Crippen LogP contribution in [0.15, 0.2) is 0 Å². The molecule has 3 heteroatoms. The molecule has 0 N–H and O–H groups in total. The molecule has 0 spiro atoms. The maximum atomic E-state index is 10.9. The van der Waals surface area contributed by atoms with Gasteiger partial charge in [0.15, 0.2) is 0 Å². The first kappa shape index (κ1) is 10.7. The highest BCUT2D eigenvalue weighted by Crippen LogP contribution is 1.98. The first-order valence-electron chi connectivity index (χ1n) is 4.35. The van der Waals surface area contributed by atoms with Gasteiger partial charge < -0.3 is 4.43 Å². The third-order valence-corrected chi connectivity index (χ3v) is 2.74. The molecule has 0 rings (SSSR count). The van der Waals surface area contributed by atoms with E-state index in [2.05, 4.69) is 6.92 Å². The monoisotopic (exact) mass is 174 g/mol. The van der Waals surface area contributed by atoms with Gasteiger partial charge in [0.25, 0.3) is 5.97 Å². The second-order valence-corrected chi connectivity index (χ2v) is 4.43. The Labute approximate surface area is 71.3 Å². The van der Waals surface area contributed by atoms with Crippen LogP contribution in [0.2, 0.25) is 6.04 Å². The summed E-state index contributed by atoms with van der Waals surface area (Å²) in [4.78, 5) is 10.9. The van der Waals surface area contributed by atoms with Gasteiger partial charge in [-0.3, -0.25) is 4.79 Å². The second kappa shape index (κ2) is 6.40. The Balaban J connectivity index is 3.18. The van der Waals surface area contributed by atoms with Crippen LogP contribution >= 0.6 is 0 Å². The average molecular weight is 174 g/mol. The molecule has 0 aliphatic heterocycles. The molecule has 0 aliphatic rings. The SMILES string of the molecule is CCCC[SiH2]OC(=O)C(C)C. The van der Waals surface area contributed by atoms with E-state index in [1.165, 1.54) is 12.8 Å². The zero-order valence-electron chi connectivity index (χ0n) is 7.72. The van der Waals surface area contributed by atoms with Crippen molar-refractivity contribution in [2.45, 2.75) is 39.7 Å². The van der Waals surface area contributed by atoms with E-state index in [-0.39, 0.29) is 11.9 Å². The molecule has 0 aromatic rings. The fourth-order valence-corrected chi connectivity index (χ4v) is 2.07. The summed E-state index contributed by atoms with van der Waals surface area (Å²) in [5.41, 5.74) is 0. The van der Waals surface area contributed by atoms with Crippen LogP contribution in [0.25, 0.3) is 0 Å².